The van der Waals surface area contributed by atoms with Gasteiger partial charge in [0.2, 0.25) is 0 Å². The van der Waals surface area contributed by atoms with Gasteiger partial charge >= 0.3 is 0 Å². The first-order valence-corrected chi connectivity index (χ1v) is 12.1. The Hall–Kier alpha value is -1.81. The molecule has 0 spiro atoms. The molecule has 1 aromatic heterocycles. The van der Waals surface area contributed by atoms with Gasteiger partial charge in [0.15, 0.2) is 5.96 Å². The van der Waals surface area contributed by atoms with Crippen LogP contribution in [-0.4, -0.2) is 53.9 Å². The van der Waals surface area contributed by atoms with Crippen molar-refractivity contribution >= 4 is 29.9 Å². The van der Waals surface area contributed by atoms with E-state index in [0.717, 1.165) is 56.4 Å². The number of rotatable bonds is 10. The molecule has 3 rings (SSSR count). The average Bonchev–Trinajstić information content (AvgIpc) is 3.45. The number of para-hydroxylation sites is 1. The summed E-state index contributed by atoms with van der Waals surface area (Å²) >= 11 is 0. The lowest BCUT2D eigenvalue weighted by atomic mass is 10.0. The highest BCUT2D eigenvalue weighted by Crippen LogP contribution is 2.31. The molecule has 0 amide bonds. The number of methoxy groups -OCH3 is 1. The van der Waals surface area contributed by atoms with E-state index in [4.69, 9.17) is 14.8 Å². The molecule has 2 heterocycles. The average molecular weight is 569 g/mol. The SMILES string of the molecule is CCNC(=NCc1c(CC)nn(C)c1CC)NCC(c1ccccc1OC)N1CCCC1.I. The first kappa shape index (κ1) is 27.4. The van der Waals surface area contributed by atoms with Crippen LogP contribution in [0.2, 0.25) is 0 Å². The zero-order valence-corrected chi connectivity index (χ0v) is 23.2. The zero-order chi connectivity index (χ0) is 22.9. The Morgan fingerprint density at radius 2 is 1.85 bits per heavy atom. The molecule has 1 fully saturated rings. The molecule has 33 heavy (non-hydrogen) atoms. The Labute approximate surface area is 216 Å². The van der Waals surface area contributed by atoms with Gasteiger partial charge in [0.1, 0.15) is 5.75 Å². The van der Waals surface area contributed by atoms with Crippen LogP contribution in [0.25, 0.3) is 0 Å². The van der Waals surface area contributed by atoms with Gasteiger partial charge < -0.3 is 15.4 Å². The molecule has 1 aliphatic rings. The molecule has 184 valence electrons. The number of ether oxygens (including phenoxy) is 1. The third-order valence-electron chi connectivity index (χ3n) is 6.31. The fourth-order valence-electron chi connectivity index (χ4n) is 4.70. The topological polar surface area (TPSA) is 66.7 Å². The number of nitrogens with one attached hydrogen (secondary N) is 2. The van der Waals surface area contributed by atoms with E-state index in [9.17, 15) is 0 Å². The lowest BCUT2D eigenvalue weighted by molar-refractivity contribution is 0.239. The molecule has 0 bridgehead atoms. The Bertz CT molecular complexity index is 891. The van der Waals surface area contributed by atoms with Crippen molar-refractivity contribution in [3.8, 4) is 5.75 Å². The summed E-state index contributed by atoms with van der Waals surface area (Å²) in [6.07, 6.45) is 4.39. The monoisotopic (exact) mass is 568 g/mol. The van der Waals surface area contributed by atoms with Crippen molar-refractivity contribution in [2.24, 2.45) is 12.0 Å². The van der Waals surface area contributed by atoms with Crippen LogP contribution in [0.5, 0.6) is 5.75 Å². The minimum Gasteiger partial charge on any atom is -0.496 e. The van der Waals surface area contributed by atoms with Crippen molar-refractivity contribution < 1.29 is 4.74 Å². The highest BCUT2D eigenvalue weighted by Gasteiger charge is 2.26. The molecule has 1 unspecified atom stereocenters. The standard InChI is InChI=1S/C25H40N6O.HI/c1-6-21-20(22(7-2)30(4)29-21)17-27-25(26-8-3)28-18-23(31-15-11-12-16-31)19-13-9-10-14-24(19)32-5;/h9-10,13-14,23H,6-8,11-12,15-18H2,1-5H3,(H2,26,27,28);1H. The molecule has 2 aromatic rings. The van der Waals surface area contributed by atoms with Gasteiger partial charge in [-0.25, -0.2) is 4.99 Å². The largest absolute Gasteiger partial charge is 0.496 e. The van der Waals surface area contributed by atoms with Crippen molar-refractivity contribution in [2.75, 3.05) is 33.3 Å². The second-order valence-corrected chi connectivity index (χ2v) is 8.28. The Morgan fingerprint density at radius 3 is 2.48 bits per heavy atom. The summed E-state index contributed by atoms with van der Waals surface area (Å²) in [4.78, 5) is 7.50. The number of aromatic nitrogens is 2. The summed E-state index contributed by atoms with van der Waals surface area (Å²) in [5.74, 6) is 1.79. The number of hydrogen-bond acceptors (Lipinski definition) is 4. The van der Waals surface area contributed by atoms with Crippen LogP contribution < -0.4 is 15.4 Å². The van der Waals surface area contributed by atoms with Crippen LogP contribution in [0.4, 0.5) is 0 Å². The first-order chi connectivity index (χ1) is 15.6. The highest BCUT2D eigenvalue weighted by atomic mass is 127. The maximum atomic E-state index is 5.69. The van der Waals surface area contributed by atoms with Crippen LogP contribution in [0.1, 0.15) is 62.2 Å². The van der Waals surface area contributed by atoms with Gasteiger partial charge in [0.05, 0.1) is 25.4 Å². The predicted molar refractivity (Wildman–Crippen MR) is 147 cm³/mol. The number of nitrogens with zero attached hydrogens (tertiary/aromatic N) is 4. The van der Waals surface area contributed by atoms with E-state index in [1.807, 2.05) is 17.8 Å². The summed E-state index contributed by atoms with van der Waals surface area (Å²) in [7, 11) is 3.78. The van der Waals surface area contributed by atoms with Crippen molar-refractivity contribution in [3.63, 3.8) is 0 Å². The highest BCUT2D eigenvalue weighted by molar-refractivity contribution is 14.0. The van der Waals surface area contributed by atoms with E-state index >= 15 is 0 Å². The summed E-state index contributed by atoms with van der Waals surface area (Å²) < 4.78 is 7.70. The van der Waals surface area contributed by atoms with Crippen LogP contribution in [0.15, 0.2) is 29.3 Å². The number of hydrogen-bond donors (Lipinski definition) is 2. The summed E-state index contributed by atoms with van der Waals surface area (Å²) in [5, 5.41) is 11.7. The van der Waals surface area contributed by atoms with Crippen molar-refractivity contribution in [1.29, 1.82) is 0 Å². The van der Waals surface area contributed by atoms with Gasteiger partial charge in [-0.1, -0.05) is 32.0 Å². The molecule has 0 saturated carbocycles. The van der Waals surface area contributed by atoms with Gasteiger partial charge in [0.25, 0.3) is 0 Å². The van der Waals surface area contributed by atoms with E-state index in [0.29, 0.717) is 6.54 Å². The second-order valence-electron chi connectivity index (χ2n) is 8.28. The molecule has 1 atom stereocenters. The van der Waals surface area contributed by atoms with E-state index in [1.165, 1.54) is 29.7 Å². The third kappa shape index (κ3) is 6.85. The van der Waals surface area contributed by atoms with E-state index in [2.05, 4.69) is 54.5 Å². The van der Waals surface area contributed by atoms with Crippen LogP contribution in [0.3, 0.4) is 0 Å². The summed E-state index contributed by atoms with van der Waals surface area (Å²) in [5.41, 5.74) is 4.91. The van der Waals surface area contributed by atoms with E-state index in [1.54, 1.807) is 7.11 Å². The predicted octanol–water partition coefficient (Wildman–Crippen LogP) is 4.06. The minimum atomic E-state index is 0. The number of likely N-dealkylation sites (tertiary alicyclic amines) is 1. The maximum Gasteiger partial charge on any atom is 0.191 e. The summed E-state index contributed by atoms with van der Waals surface area (Å²) in [6.45, 7) is 10.9. The lowest BCUT2D eigenvalue weighted by Crippen LogP contribution is -2.42. The zero-order valence-electron chi connectivity index (χ0n) is 20.9. The van der Waals surface area contributed by atoms with Gasteiger partial charge in [-0.15, -0.1) is 24.0 Å². The smallest absolute Gasteiger partial charge is 0.191 e. The van der Waals surface area contributed by atoms with E-state index < -0.39 is 0 Å². The molecular formula is C25H41IN6O. The fraction of sp³-hybridized carbons (Fsp3) is 0.600. The van der Waals surface area contributed by atoms with Crippen molar-refractivity contribution in [3.05, 3.63) is 46.8 Å². The van der Waals surface area contributed by atoms with E-state index in [-0.39, 0.29) is 30.0 Å². The Morgan fingerprint density at radius 1 is 1.12 bits per heavy atom. The minimum absolute atomic E-state index is 0. The number of halogens is 1. The number of aliphatic imine (C=N–C) groups is 1. The van der Waals surface area contributed by atoms with Crippen LogP contribution in [-0.2, 0) is 26.4 Å². The molecule has 0 radical (unpaired) electrons. The molecule has 8 heteroatoms. The van der Waals surface area contributed by atoms with Gasteiger partial charge in [-0.2, -0.15) is 5.10 Å². The van der Waals surface area contributed by atoms with Gasteiger partial charge in [-0.05, 0) is 51.8 Å². The molecule has 7 nitrogen and oxygen atoms in total. The Balaban J connectivity index is 0.00000385. The summed E-state index contributed by atoms with van der Waals surface area (Å²) in [6, 6.07) is 8.62. The first-order valence-electron chi connectivity index (χ1n) is 12.1. The van der Waals surface area contributed by atoms with Crippen LogP contribution >= 0.6 is 24.0 Å². The second kappa shape index (κ2) is 13.8. The quantitative estimate of drug-likeness (QED) is 0.257. The van der Waals surface area contributed by atoms with Crippen LogP contribution in [0, 0.1) is 0 Å². The van der Waals surface area contributed by atoms with Crippen molar-refractivity contribution in [1.82, 2.24) is 25.3 Å². The normalized spacial score (nSPS) is 15.2. The number of benzene rings is 1. The number of guanidine groups is 1. The lowest BCUT2D eigenvalue weighted by Gasteiger charge is -2.30. The molecule has 2 N–H and O–H groups in total. The Kier molecular flexibility index (Phi) is 11.5. The van der Waals surface area contributed by atoms with Crippen molar-refractivity contribution in [2.45, 2.75) is 59.0 Å². The molecule has 0 aliphatic carbocycles. The van der Waals surface area contributed by atoms with Gasteiger partial charge in [-0.3, -0.25) is 9.58 Å². The molecule has 1 aromatic carbocycles. The fourth-order valence-corrected chi connectivity index (χ4v) is 4.70. The maximum absolute atomic E-state index is 5.69. The number of aryl methyl sites for hydroxylation is 2. The van der Waals surface area contributed by atoms with Gasteiger partial charge in [0, 0.05) is 37.0 Å². The molecule has 1 aliphatic heterocycles. The molecular weight excluding hydrogens is 527 g/mol. The molecule has 1 saturated heterocycles. The third-order valence-corrected chi connectivity index (χ3v) is 6.31.